The number of carbonyl (C=O) groups is 2. The number of carbonyl (C=O) groups excluding carboxylic acids is 2. The summed E-state index contributed by atoms with van der Waals surface area (Å²) in [7, 11) is 0. The first-order valence-corrected chi connectivity index (χ1v) is 2.40. The third kappa shape index (κ3) is 3.11. The van der Waals surface area contributed by atoms with Crippen LogP contribution in [0, 0.1) is 0 Å². The Labute approximate surface area is 75.0 Å². The van der Waals surface area contributed by atoms with Crippen LogP contribution in [0.2, 0.25) is 0 Å². The molecule has 0 aliphatic carbocycles. The monoisotopic (exact) mass is 137 g/mol. The molecule has 3 nitrogen and oxygen atoms in total. The van der Waals surface area contributed by atoms with Crippen LogP contribution in [0.3, 0.4) is 0 Å². The zero-order valence-corrected chi connectivity index (χ0v) is 7.35. The summed E-state index contributed by atoms with van der Waals surface area (Å²) >= 11 is 0. The molecule has 0 aromatic rings. The Bertz CT molecular complexity index is 118. The van der Waals surface area contributed by atoms with Gasteiger partial charge < -0.3 is 4.74 Å². The fourth-order valence-electron chi connectivity index (χ4n) is 0.601. The van der Waals surface area contributed by atoms with Gasteiger partial charge in [0.1, 0.15) is 13.2 Å². The minimum absolute atomic E-state index is 0. The van der Waals surface area contributed by atoms with Crippen molar-refractivity contribution in [2.24, 2.45) is 0 Å². The van der Waals surface area contributed by atoms with Gasteiger partial charge in [-0.05, 0) is 0 Å². The molecule has 0 atom stereocenters. The van der Waals surface area contributed by atoms with E-state index in [4.69, 9.17) is 0 Å². The van der Waals surface area contributed by atoms with Crippen molar-refractivity contribution in [3.05, 3.63) is 0 Å². The number of hydrogen-bond donors (Lipinski definition) is 0. The van der Waals surface area contributed by atoms with Crippen molar-refractivity contribution in [1.29, 1.82) is 0 Å². The molecule has 1 heterocycles. The standard InChI is InChI=1S/C5H6O3.Na/c6-4-1-5(7)3-8-2-4;/h1-3H2;/q;+1. The second-order valence-corrected chi connectivity index (χ2v) is 1.75. The molecule has 0 unspecified atom stereocenters. The Morgan fingerprint density at radius 2 is 1.56 bits per heavy atom. The smallest absolute Gasteiger partial charge is 0.366 e. The van der Waals surface area contributed by atoms with Gasteiger partial charge in [-0.1, -0.05) is 0 Å². The van der Waals surface area contributed by atoms with Crippen molar-refractivity contribution < 1.29 is 43.9 Å². The van der Waals surface area contributed by atoms with Crippen molar-refractivity contribution in [3.63, 3.8) is 0 Å². The van der Waals surface area contributed by atoms with E-state index in [9.17, 15) is 9.59 Å². The summed E-state index contributed by atoms with van der Waals surface area (Å²) in [6.45, 7) is 0.234. The molecule has 1 aliphatic heterocycles. The summed E-state index contributed by atoms with van der Waals surface area (Å²) < 4.78 is 4.59. The van der Waals surface area contributed by atoms with Gasteiger partial charge in [-0.15, -0.1) is 0 Å². The predicted octanol–water partition coefficient (Wildman–Crippen LogP) is -3.45. The van der Waals surface area contributed by atoms with Crippen LogP contribution < -0.4 is 29.6 Å². The molecule has 0 aromatic heterocycles. The normalized spacial score (nSPS) is 19.1. The topological polar surface area (TPSA) is 43.4 Å². The van der Waals surface area contributed by atoms with Crippen molar-refractivity contribution in [2.75, 3.05) is 13.2 Å². The molecule has 0 aromatic carbocycles. The first-order chi connectivity index (χ1) is 3.79. The van der Waals surface area contributed by atoms with Gasteiger partial charge in [0.05, 0.1) is 6.42 Å². The van der Waals surface area contributed by atoms with E-state index >= 15 is 0 Å². The van der Waals surface area contributed by atoms with Gasteiger partial charge in [0.15, 0.2) is 11.6 Å². The largest absolute Gasteiger partial charge is 1.00 e. The maximum atomic E-state index is 10.3. The van der Waals surface area contributed by atoms with Crippen molar-refractivity contribution in [3.8, 4) is 0 Å². The third-order valence-electron chi connectivity index (χ3n) is 0.920. The average molecular weight is 137 g/mol. The zero-order chi connectivity index (χ0) is 5.98. The maximum absolute atomic E-state index is 10.3. The SMILES string of the molecule is O=C1COCC(=O)C1.[Na+]. The summed E-state index contributed by atoms with van der Waals surface area (Å²) in [5, 5.41) is 0. The molecule has 1 aliphatic rings. The molecule has 0 radical (unpaired) electrons. The maximum Gasteiger partial charge on any atom is 1.00 e. The first kappa shape index (κ1) is 9.30. The van der Waals surface area contributed by atoms with Crippen LogP contribution >= 0.6 is 0 Å². The molecule has 0 spiro atoms. The van der Waals surface area contributed by atoms with Gasteiger partial charge in [0, 0.05) is 0 Å². The molecule has 4 heteroatoms. The number of ketones is 2. The van der Waals surface area contributed by atoms with Crippen LogP contribution in [-0.2, 0) is 14.3 Å². The molecule has 9 heavy (non-hydrogen) atoms. The van der Waals surface area contributed by atoms with Crippen molar-refractivity contribution in [1.82, 2.24) is 0 Å². The second kappa shape index (κ2) is 4.17. The summed E-state index contributed by atoms with van der Waals surface area (Å²) in [5.41, 5.74) is 0. The first-order valence-electron chi connectivity index (χ1n) is 2.40. The van der Waals surface area contributed by atoms with Crippen LogP contribution in [0.15, 0.2) is 0 Å². The quantitative estimate of drug-likeness (QED) is 0.257. The number of hydrogen-bond acceptors (Lipinski definition) is 3. The Morgan fingerprint density at radius 3 is 1.78 bits per heavy atom. The Kier molecular flexibility index (Phi) is 4.31. The minimum Gasteiger partial charge on any atom is -0.366 e. The van der Waals surface area contributed by atoms with E-state index in [2.05, 4.69) is 4.74 Å². The van der Waals surface area contributed by atoms with Crippen LogP contribution in [0.25, 0.3) is 0 Å². The molecule has 0 amide bonds. The van der Waals surface area contributed by atoms with Crippen LogP contribution in [0.1, 0.15) is 6.42 Å². The number of Topliss-reactive ketones (excluding diaryl/α,β-unsaturated/α-hetero) is 2. The van der Waals surface area contributed by atoms with Gasteiger partial charge in [-0.25, -0.2) is 0 Å². The second-order valence-electron chi connectivity index (χ2n) is 1.75. The fourth-order valence-corrected chi connectivity index (χ4v) is 0.601. The van der Waals surface area contributed by atoms with Crippen LogP contribution in [-0.4, -0.2) is 24.8 Å². The number of ether oxygens (including phenoxy) is 1. The molecule has 44 valence electrons. The van der Waals surface area contributed by atoms with Crippen LogP contribution in [0.5, 0.6) is 0 Å². The average Bonchev–Trinajstić information content (AvgIpc) is 1.64. The number of rotatable bonds is 0. The van der Waals surface area contributed by atoms with E-state index in [1.807, 2.05) is 0 Å². The molecular weight excluding hydrogens is 131 g/mol. The third-order valence-corrected chi connectivity index (χ3v) is 0.920. The summed E-state index contributed by atoms with van der Waals surface area (Å²) in [4.78, 5) is 20.7. The molecule has 1 saturated heterocycles. The zero-order valence-electron chi connectivity index (χ0n) is 5.35. The van der Waals surface area contributed by atoms with E-state index in [1.165, 1.54) is 0 Å². The Morgan fingerprint density at radius 1 is 1.11 bits per heavy atom. The van der Waals surface area contributed by atoms with E-state index in [0.29, 0.717) is 0 Å². The Balaban J connectivity index is 0.000000640. The molecule has 1 fully saturated rings. The van der Waals surface area contributed by atoms with Gasteiger partial charge >= 0.3 is 29.6 Å². The molecule has 0 bridgehead atoms. The molecule has 0 saturated carbocycles. The van der Waals surface area contributed by atoms with E-state index in [1.54, 1.807) is 0 Å². The van der Waals surface area contributed by atoms with Gasteiger partial charge in [0.25, 0.3) is 0 Å². The summed E-state index contributed by atoms with van der Waals surface area (Å²) in [6.07, 6.45) is 0.0694. The van der Waals surface area contributed by atoms with Gasteiger partial charge in [-0.2, -0.15) is 0 Å². The fraction of sp³-hybridized carbons (Fsp3) is 0.600. The van der Waals surface area contributed by atoms with Crippen molar-refractivity contribution in [2.45, 2.75) is 6.42 Å². The molecule has 1 rings (SSSR count). The van der Waals surface area contributed by atoms with Crippen molar-refractivity contribution >= 4 is 11.6 Å². The van der Waals surface area contributed by atoms with E-state index in [-0.39, 0.29) is 60.8 Å². The van der Waals surface area contributed by atoms with Gasteiger partial charge in [0.2, 0.25) is 0 Å². The molecule has 0 N–H and O–H groups in total. The van der Waals surface area contributed by atoms with E-state index in [0.717, 1.165) is 0 Å². The predicted molar refractivity (Wildman–Crippen MR) is 25.4 cm³/mol. The summed E-state index contributed by atoms with van der Waals surface area (Å²) in [6, 6.07) is 0. The summed E-state index contributed by atoms with van der Waals surface area (Å²) in [5.74, 6) is -0.220. The molecular formula is C5H6NaO3+. The van der Waals surface area contributed by atoms with Gasteiger partial charge in [-0.3, -0.25) is 9.59 Å². The minimum atomic E-state index is -0.110. The van der Waals surface area contributed by atoms with Crippen LogP contribution in [0.4, 0.5) is 0 Å². The van der Waals surface area contributed by atoms with E-state index < -0.39 is 0 Å². The Hall–Kier alpha value is 0.300.